The Morgan fingerprint density at radius 1 is 0.862 bits per heavy atom. The van der Waals surface area contributed by atoms with Gasteiger partial charge in [0.1, 0.15) is 0 Å². The number of sulfonamides is 1. The molecule has 0 aliphatic carbocycles. The first-order chi connectivity index (χ1) is 13.9. The molecular formula is C22H21ClN2O3S. The lowest BCUT2D eigenvalue weighted by Gasteiger charge is -2.34. The predicted octanol–water partition coefficient (Wildman–Crippen LogP) is 3.57. The number of fused-ring (bicyclic) bond motifs is 1. The Bertz CT molecular complexity index is 1140. The third-order valence-electron chi connectivity index (χ3n) is 5.22. The van der Waals surface area contributed by atoms with E-state index in [9.17, 15) is 13.2 Å². The van der Waals surface area contributed by atoms with Crippen molar-refractivity contribution in [1.29, 1.82) is 0 Å². The highest BCUT2D eigenvalue weighted by Crippen LogP contribution is 2.23. The monoisotopic (exact) mass is 428 g/mol. The molecule has 0 spiro atoms. The minimum atomic E-state index is -3.59. The Labute approximate surface area is 175 Å². The Morgan fingerprint density at radius 3 is 2.21 bits per heavy atom. The van der Waals surface area contributed by atoms with E-state index in [-0.39, 0.29) is 17.2 Å². The molecule has 5 nitrogen and oxygen atoms in total. The molecule has 1 aliphatic rings. The molecule has 0 unspecified atom stereocenters. The van der Waals surface area contributed by atoms with E-state index < -0.39 is 10.0 Å². The molecule has 3 aromatic carbocycles. The average Bonchev–Trinajstić information content (AvgIpc) is 2.75. The van der Waals surface area contributed by atoms with E-state index in [0.717, 1.165) is 16.3 Å². The van der Waals surface area contributed by atoms with Crippen molar-refractivity contribution in [3.8, 4) is 0 Å². The van der Waals surface area contributed by atoms with Gasteiger partial charge in [0.05, 0.1) is 11.3 Å². The lowest BCUT2D eigenvalue weighted by atomic mass is 10.1. The molecule has 0 saturated carbocycles. The second-order valence-corrected chi connectivity index (χ2v) is 9.47. The second-order valence-electron chi connectivity index (χ2n) is 7.10. The van der Waals surface area contributed by atoms with Gasteiger partial charge in [-0.1, -0.05) is 54.1 Å². The van der Waals surface area contributed by atoms with Crippen molar-refractivity contribution in [3.05, 3.63) is 77.3 Å². The van der Waals surface area contributed by atoms with Crippen molar-refractivity contribution in [3.63, 3.8) is 0 Å². The molecule has 1 amide bonds. The molecule has 1 fully saturated rings. The summed E-state index contributed by atoms with van der Waals surface area (Å²) in [5.74, 6) is -0.00456. The maximum atomic E-state index is 13.0. The summed E-state index contributed by atoms with van der Waals surface area (Å²) in [7, 11) is -3.59. The summed E-state index contributed by atoms with van der Waals surface area (Å²) in [5.41, 5.74) is 0.894. The standard InChI is InChI=1S/C22H21ClN2O3S/c23-20-8-5-17(6-9-20)15-22(26)24-11-13-25(14-12-24)29(27,28)21-10-7-18-3-1-2-4-19(18)16-21/h1-10,16H,11-15H2. The van der Waals surface area contributed by atoms with Gasteiger partial charge >= 0.3 is 0 Å². The van der Waals surface area contributed by atoms with Crippen molar-refractivity contribution in [1.82, 2.24) is 9.21 Å². The van der Waals surface area contributed by atoms with Crippen molar-refractivity contribution in [2.75, 3.05) is 26.2 Å². The van der Waals surface area contributed by atoms with E-state index >= 15 is 0 Å². The number of carbonyl (C=O) groups is 1. The van der Waals surface area contributed by atoms with Crippen LogP contribution in [0.5, 0.6) is 0 Å². The van der Waals surface area contributed by atoms with E-state index in [1.807, 2.05) is 42.5 Å². The van der Waals surface area contributed by atoms with Crippen LogP contribution in [0.15, 0.2) is 71.6 Å². The first-order valence-corrected chi connectivity index (χ1v) is 11.3. The molecule has 0 N–H and O–H groups in total. The molecule has 1 aliphatic heterocycles. The van der Waals surface area contributed by atoms with Crippen LogP contribution in [0.25, 0.3) is 10.8 Å². The summed E-state index contributed by atoms with van der Waals surface area (Å²) in [5, 5.41) is 2.53. The van der Waals surface area contributed by atoms with Crippen LogP contribution in [-0.4, -0.2) is 49.7 Å². The van der Waals surface area contributed by atoms with Gasteiger partial charge < -0.3 is 4.90 Å². The number of piperazine rings is 1. The Kier molecular flexibility index (Phi) is 5.58. The fraction of sp³-hybridized carbons (Fsp3) is 0.227. The zero-order chi connectivity index (χ0) is 20.4. The topological polar surface area (TPSA) is 57.7 Å². The number of hydrogen-bond donors (Lipinski definition) is 0. The molecule has 1 saturated heterocycles. The largest absolute Gasteiger partial charge is 0.340 e. The zero-order valence-electron chi connectivity index (χ0n) is 15.8. The Balaban J connectivity index is 1.42. The minimum absolute atomic E-state index is 0.00456. The van der Waals surface area contributed by atoms with Crippen LogP contribution in [0.4, 0.5) is 0 Å². The number of hydrogen-bond acceptors (Lipinski definition) is 3. The summed E-state index contributed by atoms with van der Waals surface area (Å²) in [6, 6.07) is 20.1. The van der Waals surface area contributed by atoms with E-state index in [1.165, 1.54) is 4.31 Å². The maximum Gasteiger partial charge on any atom is 0.243 e. The van der Waals surface area contributed by atoms with Crippen molar-refractivity contribution in [2.24, 2.45) is 0 Å². The van der Waals surface area contributed by atoms with Gasteiger partial charge in [-0.05, 0) is 40.6 Å². The SMILES string of the molecule is O=C(Cc1ccc(Cl)cc1)N1CCN(S(=O)(=O)c2ccc3ccccc3c2)CC1. The second kappa shape index (κ2) is 8.14. The van der Waals surface area contributed by atoms with Gasteiger partial charge in [0.25, 0.3) is 0 Å². The Hall–Kier alpha value is -2.41. The molecule has 7 heteroatoms. The summed E-state index contributed by atoms with van der Waals surface area (Å²) < 4.78 is 27.5. The third kappa shape index (κ3) is 4.29. The molecular weight excluding hydrogens is 408 g/mol. The van der Waals surface area contributed by atoms with Crippen molar-refractivity contribution < 1.29 is 13.2 Å². The molecule has 4 rings (SSSR count). The summed E-state index contributed by atoms with van der Waals surface area (Å²) in [6.45, 7) is 1.36. The van der Waals surface area contributed by atoms with Gasteiger partial charge in [0.15, 0.2) is 0 Å². The van der Waals surface area contributed by atoms with E-state index in [4.69, 9.17) is 11.6 Å². The van der Waals surface area contributed by atoms with Crippen LogP contribution in [0, 0.1) is 0 Å². The first kappa shape index (κ1) is 19.9. The molecule has 0 aromatic heterocycles. The van der Waals surface area contributed by atoms with Crippen LogP contribution >= 0.6 is 11.6 Å². The number of rotatable bonds is 4. The fourth-order valence-electron chi connectivity index (χ4n) is 3.54. The first-order valence-electron chi connectivity index (χ1n) is 9.45. The van der Waals surface area contributed by atoms with Gasteiger partial charge in [-0.2, -0.15) is 4.31 Å². The highest BCUT2D eigenvalue weighted by Gasteiger charge is 2.30. The molecule has 1 heterocycles. The summed E-state index contributed by atoms with van der Waals surface area (Å²) in [4.78, 5) is 14.6. The van der Waals surface area contributed by atoms with Gasteiger partial charge in [-0.15, -0.1) is 0 Å². The van der Waals surface area contributed by atoms with Crippen LogP contribution in [0.3, 0.4) is 0 Å². The summed E-state index contributed by atoms with van der Waals surface area (Å²) in [6.07, 6.45) is 0.286. The normalized spacial score (nSPS) is 15.6. The molecule has 150 valence electrons. The number of amides is 1. The highest BCUT2D eigenvalue weighted by molar-refractivity contribution is 7.89. The molecule has 3 aromatic rings. The van der Waals surface area contributed by atoms with Crippen molar-refractivity contribution in [2.45, 2.75) is 11.3 Å². The van der Waals surface area contributed by atoms with Crippen LogP contribution < -0.4 is 0 Å². The van der Waals surface area contributed by atoms with E-state index in [1.54, 1.807) is 29.2 Å². The molecule has 0 bridgehead atoms. The van der Waals surface area contributed by atoms with Crippen LogP contribution in [0.2, 0.25) is 5.02 Å². The minimum Gasteiger partial charge on any atom is -0.340 e. The number of carbonyl (C=O) groups excluding carboxylic acids is 1. The zero-order valence-corrected chi connectivity index (χ0v) is 17.4. The quantitative estimate of drug-likeness (QED) is 0.638. The van der Waals surface area contributed by atoms with Crippen LogP contribution in [-0.2, 0) is 21.2 Å². The lowest BCUT2D eigenvalue weighted by Crippen LogP contribution is -2.50. The predicted molar refractivity (Wildman–Crippen MR) is 114 cm³/mol. The van der Waals surface area contributed by atoms with Gasteiger partial charge in [-0.3, -0.25) is 4.79 Å². The van der Waals surface area contributed by atoms with Gasteiger partial charge in [0, 0.05) is 31.2 Å². The number of nitrogens with zero attached hydrogens (tertiary/aromatic N) is 2. The molecule has 0 radical (unpaired) electrons. The van der Waals surface area contributed by atoms with Gasteiger partial charge in [-0.25, -0.2) is 8.42 Å². The molecule has 0 atom stereocenters. The van der Waals surface area contributed by atoms with E-state index in [0.29, 0.717) is 31.2 Å². The average molecular weight is 429 g/mol. The van der Waals surface area contributed by atoms with Crippen LogP contribution in [0.1, 0.15) is 5.56 Å². The lowest BCUT2D eigenvalue weighted by molar-refractivity contribution is -0.131. The number of benzene rings is 3. The van der Waals surface area contributed by atoms with E-state index in [2.05, 4.69) is 0 Å². The fourth-order valence-corrected chi connectivity index (χ4v) is 5.13. The summed E-state index contributed by atoms with van der Waals surface area (Å²) >= 11 is 5.88. The maximum absolute atomic E-state index is 13.0. The Morgan fingerprint density at radius 2 is 1.52 bits per heavy atom. The third-order valence-corrected chi connectivity index (χ3v) is 7.37. The number of halogens is 1. The van der Waals surface area contributed by atoms with Crippen molar-refractivity contribution >= 4 is 38.3 Å². The molecule has 29 heavy (non-hydrogen) atoms. The highest BCUT2D eigenvalue weighted by atomic mass is 35.5. The van der Waals surface area contributed by atoms with Gasteiger partial charge in [0.2, 0.25) is 15.9 Å². The smallest absolute Gasteiger partial charge is 0.243 e.